The number of aliphatic imine (C=N–C) groups is 1. The zero-order chi connectivity index (χ0) is 20.8. The summed E-state index contributed by atoms with van der Waals surface area (Å²) in [7, 11) is 1.84. The van der Waals surface area contributed by atoms with Crippen LogP contribution in [0.5, 0.6) is 0 Å². The van der Waals surface area contributed by atoms with Crippen molar-refractivity contribution < 1.29 is 0 Å². The molecule has 0 saturated carbocycles. The number of rotatable bonds is 5. The highest BCUT2D eigenvalue weighted by atomic mass is 127. The first kappa shape index (κ1) is 23.5. The average molecular weight is 552 g/mol. The van der Waals surface area contributed by atoms with Crippen molar-refractivity contribution in [1.82, 2.24) is 30.3 Å². The number of nitrogens with zero attached hydrogens (tertiary/aromatic N) is 5. The highest BCUT2D eigenvalue weighted by Crippen LogP contribution is 2.16. The molecule has 1 fully saturated rings. The van der Waals surface area contributed by atoms with Crippen molar-refractivity contribution in [2.45, 2.75) is 13.1 Å². The van der Waals surface area contributed by atoms with Gasteiger partial charge in [0, 0.05) is 56.9 Å². The van der Waals surface area contributed by atoms with E-state index in [4.69, 9.17) is 11.6 Å². The molecule has 0 spiro atoms. The minimum Gasteiger partial charge on any atom is -0.352 e. The lowest BCUT2D eigenvalue weighted by Gasteiger charge is -2.36. The Morgan fingerprint density at radius 3 is 2.58 bits per heavy atom. The van der Waals surface area contributed by atoms with E-state index < -0.39 is 0 Å². The topological polar surface area (TPSA) is 72.4 Å². The minimum atomic E-state index is 0. The molecule has 2 heterocycles. The van der Waals surface area contributed by atoms with Gasteiger partial charge >= 0.3 is 0 Å². The zero-order valence-corrected chi connectivity index (χ0v) is 20.5. The van der Waals surface area contributed by atoms with Crippen molar-refractivity contribution in [3.8, 4) is 11.4 Å². The van der Waals surface area contributed by atoms with Gasteiger partial charge < -0.3 is 10.2 Å². The van der Waals surface area contributed by atoms with E-state index in [-0.39, 0.29) is 24.0 Å². The lowest BCUT2D eigenvalue weighted by atomic mass is 10.1. The number of guanidine groups is 1. The highest BCUT2D eigenvalue weighted by molar-refractivity contribution is 14.0. The van der Waals surface area contributed by atoms with E-state index in [1.807, 2.05) is 37.4 Å². The molecule has 7 nitrogen and oxygen atoms in total. The Morgan fingerprint density at radius 2 is 1.87 bits per heavy atom. The Hall–Kier alpha value is -2.17. The van der Waals surface area contributed by atoms with Crippen LogP contribution in [0.3, 0.4) is 0 Å². The van der Waals surface area contributed by atoms with Crippen LogP contribution >= 0.6 is 35.6 Å². The first-order chi connectivity index (χ1) is 14.7. The number of aromatic nitrogens is 3. The molecule has 1 aromatic heterocycles. The van der Waals surface area contributed by atoms with Gasteiger partial charge in [-0.05, 0) is 29.3 Å². The van der Waals surface area contributed by atoms with Crippen LogP contribution in [-0.2, 0) is 13.1 Å². The van der Waals surface area contributed by atoms with Gasteiger partial charge in [-0.25, -0.2) is 4.98 Å². The third-order valence-corrected chi connectivity index (χ3v) is 5.48. The maximum absolute atomic E-state index is 6.11. The summed E-state index contributed by atoms with van der Waals surface area (Å²) in [5.74, 6) is 1.71. The number of H-pyrrole nitrogens is 1. The monoisotopic (exact) mass is 551 g/mol. The molecule has 1 saturated heterocycles. The maximum Gasteiger partial charge on any atom is 0.194 e. The fourth-order valence-corrected chi connectivity index (χ4v) is 3.91. The second-order valence-corrected chi connectivity index (χ2v) is 7.76. The molecule has 0 amide bonds. The van der Waals surface area contributed by atoms with Crippen LogP contribution in [-0.4, -0.2) is 64.2 Å². The Bertz CT molecular complexity index is 985. The van der Waals surface area contributed by atoms with Crippen LogP contribution in [0.2, 0.25) is 5.02 Å². The van der Waals surface area contributed by atoms with Crippen molar-refractivity contribution in [3.63, 3.8) is 0 Å². The summed E-state index contributed by atoms with van der Waals surface area (Å²) in [5.41, 5.74) is 3.45. The standard InChI is InChI=1S/C22H26ClN7.HI/c1-24-22(25-14-17-4-2-6-19(12-17)21-26-16-27-28-21)30-10-8-29(9-11-30)15-18-5-3-7-20(23)13-18;/h2-7,12-13,16H,8-11,14-15H2,1H3,(H,24,25)(H,26,27,28);1H. The molecular formula is C22H27ClIN7. The molecule has 0 bridgehead atoms. The summed E-state index contributed by atoms with van der Waals surface area (Å²) < 4.78 is 0. The molecule has 1 aliphatic rings. The second-order valence-electron chi connectivity index (χ2n) is 7.33. The van der Waals surface area contributed by atoms with Crippen LogP contribution in [0.25, 0.3) is 11.4 Å². The molecule has 1 aliphatic heterocycles. The molecule has 3 aromatic rings. The molecule has 31 heavy (non-hydrogen) atoms. The number of piperazine rings is 1. The summed E-state index contributed by atoms with van der Waals surface area (Å²) in [5, 5.41) is 11.1. The Kier molecular flexibility index (Phi) is 8.68. The molecule has 2 N–H and O–H groups in total. The van der Waals surface area contributed by atoms with E-state index in [9.17, 15) is 0 Å². The third kappa shape index (κ3) is 6.41. The lowest BCUT2D eigenvalue weighted by molar-refractivity contribution is 0.172. The summed E-state index contributed by atoms with van der Waals surface area (Å²) in [6.45, 7) is 5.51. The van der Waals surface area contributed by atoms with Crippen LogP contribution < -0.4 is 5.32 Å². The van der Waals surface area contributed by atoms with E-state index in [0.29, 0.717) is 6.54 Å². The van der Waals surface area contributed by atoms with Crippen molar-refractivity contribution in [3.05, 3.63) is 71.0 Å². The molecule has 0 unspecified atom stereocenters. The van der Waals surface area contributed by atoms with Crippen LogP contribution in [0.4, 0.5) is 0 Å². The molecule has 0 radical (unpaired) electrons. The van der Waals surface area contributed by atoms with Gasteiger partial charge in [0.05, 0.1) is 0 Å². The molecule has 0 aliphatic carbocycles. The van der Waals surface area contributed by atoms with Crippen LogP contribution in [0, 0.1) is 0 Å². The number of benzene rings is 2. The number of halogens is 2. The van der Waals surface area contributed by atoms with Crippen LogP contribution in [0.15, 0.2) is 59.9 Å². The largest absolute Gasteiger partial charge is 0.352 e. The highest BCUT2D eigenvalue weighted by Gasteiger charge is 2.19. The van der Waals surface area contributed by atoms with Gasteiger partial charge in [0.15, 0.2) is 11.8 Å². The van der Waals surface area contributed by atoms with Gasteiger partial charge in [-0.15, -0.1) is 24.0 Å². The SMILES string of the molecule is CN=C(NCc1cccc(-c2ncn[nH]2)c1)N1CCN(Cc2cccc(Cl)c2)CC1.I. The van der Waals surface area contributed by atoms with Crippen molar-refractivity contribution >= 4 is 41.5 Å². The minimum absolute atomic E-state index is 0. The summed E-state index contributed by atoms with van der Waals surface area (Å²) in [4.78, 5) is 13.5. The molecule has 2 aromatic carbocycles. The maximum atomic E-state index is 6.11. The average Bonchev–Trinajstić information content (AvgIpc) is 3.31. The molecular weight excluding hydrogens is 525 g/mol. The van der Waals surface area contributed by atoms with Gasteiger partial charge in [0.2, 0.25) is 0 Å². The van der Waals surface area contributed by atoms with Gasteiger partial charge in [0.25, 0.3) is 0 Å². The number of hydrogen-bond donors (Lipinski definition) is 2. The van der Waals surface area contributed by atoms with E-state index in [0.717, 1.165) is 55.1 Å². The van der Waals surface area contributed by atoms with E-state index in [2.05, 4.69) is 53.5 Å². The van der Waals surface area contributed by atoms with Crippen molar-refractivity contribution in [2.75, 3.05) is 33.2 Å². The lowest BCUT2D eigenvalue weighted by Crippen LogP contribution is -2.52. The van der Waals surface area contributed by atoms with Crippen molar-refractivity contribution in [2.24, 2.45) is 4.99 Å². The predicted molar refractivity (Wildman–Crippen MR) is 136 cm³/mol. The fraction of sp³-hybridized carbons (Fsp3) is 0.318. The molecule has 4 rings (SSSR count). The fourth-order valence-electron chi connectivity index (χ4n) is 3.70. The van der Waals surface area contributed by atoms with E-state index >= 15 is 0 Å². The first-order valence-electron chi connectivity index (χ1n) is 10.1. The van der Waals surface area contributed by atoms with E-state index in [1.165, 1.54) is 17.5 Å². The smallest absolute Gasteiger partial charge is 0.194 e. The third-order valence-electron chi connectivity index (χ3n) is 5.24. The zero-order valence-electron chi connectivity index (χ0n) is 17.5. The molecule has 164 valence electrons. The molecule has 0 atom stereocenters. The number of nitrogens with one attached hydrogen (secondary N) is 2. The quantitative estimate of drug-likeness (QED) is 0.288. The number of hydrogen-bond acceptors (Lipinski definition) is 4. The normalized spacial score (nSPS) is 14.9. The Morgan fingerprint density at radius 1 is 1.10 bits per heavy atom. The molecule has 9 heteroatoms. The van der Waals surface area contributed by atoms with Gasteiger partial charge in [0.1, 0.15) is 6.33 Å². The summed E-state index contributed by atoms with van der Waals surface area (Å²) in [6, 6.07) is 16.4. The van der Waals surface area contributed by atoms with Crippen LogP contribution in [0.1, 0.15) is 11.1 Å². The second kappa shape index (κ2) is 11.4. The van der Waals surface area contributed by atoms with Gasteiger partial charge in [-0.3, -0.25) is 15.0 Å². The summed E-state index contributed by atoms with van der Waals surface area (Å²) in [6.07, 6.45) is 1.52. The summed E-state index contributed by atoms with van der Waals surface area (Å²) >= 11 is 6.11. The van der Waals surface area contributed by atoms with E-state index in [1.54, 1.807) is 0 Å². The van der Waals surface area contributed by atoms with Crippen molar-refractivity contribution in [1.29, 1.82) is 0 Å². The van der Waals surface area contributed by atoms with Gasteiger partial charge in [-0.2, -0.15) is 5.10 Å². The first-order valence-corrected chi connectivity index (χ1v) is 10.5. The Balaban J connectivity index is 0.00000272. The number of aromatic amines is 1. The Labute approximate surface area is 204 Å². The van der Waals surface area contributed by atoms with Gasteiger partial charge in [-0.1, -0.05) is 41.9 Å². The predicted octanol–water partition coefficient (Wildman–Crippen LogP) is 3.64.